The second kappa shape index (κ2) is 8.19. The lowest BCUT2D eigenvalue weighted by Crippen LogP contribution is -2.42. The number of aliphatic hydroxyl groups excluding tert-OH is 1. The lowest BCUT2D eigenvalue weighted by Gasteiger charge is -2.23. The quantitative estimate of drug-likeness (QED) is 0.445. The minimum Gasteiger partial charge on any atom is -0.490 e. The lowest BCUT2D eigenvalue weighted by atomic mass is 10.1. The van der Waals surface area contributed by atoms with Gasteiger partial charge in [-0.3, -0.25) is 0 Å². The summed E-state index contributed by atoms with van der Waals surface area (Å²) in [6.45, 7) is 6.40. The van der Waals surface area contributed by atoms with E-state index in [-0.39, 0.29) is 17.9 Å². The standard InChI is InChI=1S/C17H24FN5O2/c1-17(2,3)20-9-12(24)10-25-15-8-11(18)4-5-13(15)14-6-7-16(21-19)23-22-14/h4-8,12,20,24H,9-10,19H2,1-3H3,(H,21,23). The van der Waals surface area contributed by atoms with E-state index in [1.54, 1.807) is 18.2 Å². The number of anilines is 1. The molecule has 0 aliphatic heterocycles. The summed E-state index contributed by atoms with van der Waals surface area (Å²) in [6.07, 6.45) is -0.731. The molecule has 5 N–H and O–H groups in total. The number of aromatic nitrogens is 2. The molecule has 0 fully saturated rings. The van der Waals surface area contributed by atoms with Gasteiger partial charge in [0, 0.05) is 23.7 Å². The van der Waals surface area contributed by atoms with Gasteiger partial charge in [0.1, 0.15) is 24.3 Å². The van der Waals surface area contributed by atoms with Gasteiger partial charge in [-0.1, -0.05) is 0 Å². The summed E-state index contributed by atoms with van der Waals surface area (Å²) in [5, 5.41) is 21.2. The van der Waals surface area contributed by atoms with E-state index in [0.29, 0.717) is 23.6 Å². The van der Waals surface area contributed by atoms with E-state index in [1.807, 2.05) is 20.8 Å². The molecule has 2 rings (SSSR count). The molecular formula is C17H24FN5O2. The third-order valence-corrected chi connectivity index (χ3v) is 3.33. The first kappa shape index (κ1) is 19.0. The Balaban J connectivity index is 2.10. The summed E-state index contributed by atoms with van der Waals surface area (Å²) < 4.78 is 19.2. The van der Waals surface area contributed by atoms with Gasteiger partial charge in [-0.25, -0.2) is 10.2 Å². The van der Waals surface area contributed by atoms with E-state index >= 15 is 0 Å². The van der Waals surface area contributed by atoms with Crippen molar-refractivity contribution in [2.45, 2.75) is 32.4 Å². The summed E-state index contributed by atoms with van der Waals surface area (Å²) in [5.74, 6) is 5.54. The maximum atomic E-state index is 13.6. The van der Waals surface area contributed by atoms with Crippen LogP contribution in [0, 0.1) is 5.82 Å². The molecule has 8 heteroatoms. The zero-order valence-electron chi connectivity index (χ0n) is 14.6. The Morgan fingerprint density at radius 3 is 2.60 bits per heavy atom. The number of nitrogens with zero attached hydrogens (tertiary/aromatic N) is 2. The molecule has 25 heavy (non-hydrogen) atoms. The SMILES string of the molecule is CC(C)(C)NCC(O)COc1cc(F)ccc1-c1ccc(NN)nn1. The minimum absolute atomic E-state index is 0.0232. The van der Waals surface area contributed by atoms with Crippen LogP contribution in [0.2, 0.25) is 0 Å². The van der Waals surface area contributed by atoms with E-state index < -0.39 is 11.9 Å². The summed E-state index contributed by atoms with van der Waals surface area (Å²) >= 11 is 0. The smallest absolute Gasteiger partial charge is 0.162 e. The van der Waals surface area contributed by atoms with Crippen LogP contribution in [0.15, 0.2) is 30.3 Å². The van der Waals surface area contributed by atoms with Crippen molar-refractivity contribution < 1.29 is 14.2 Å². The second-order valence-electron chi connectivity index (χ2n) is 6.68. The van der Waals surface area contributed by atoms with Crippen molar-refractivity contribution in [2.75, 3.05) is 18.6 Å². The number of halogens is 1. The molecule has 2 aromatic rings. The van der Waals surface area contributed by atoms with Crippen LogP contribution in [-0.2, 0) is 0 Å². The van der Waals surface area contributed by atoms with Crippen LogP contribution < -0.4 is 21.3 Å². The molecular weight excluding hydrogens is 325 g/mol. The number of hydrogen-bond donors (Lipinski definition) is 4. The maximum Gasteiger partial charge on any atom is 0.162 e. The van der Waals surface area contributed by atoms with E-state index in [2.05, 4.69) is 20.9 Å². The van der Waals surface area contributed by atoms with Gasteiger partial charge in [-0.15, -0.1) is 10.2 Å². The average molecular weight is 349 g/mol. The Bertz CT molecular complexity index is 688. The van der Waals surface area contributed by atoms with Gasteiger partial charge in [0.2, 0.25) is 0 Å². The largest absolute Gasteiger partial charge is 0.490 e. The fraction of sp³-hybridized carbons (Fsp3) is 0.412. The Labute approximate surface area is 146 Å². The first-order valence-electron chi connectivity index (χ1n) is 7.94. The average Bonchev–Trinajstić information content (AvgIpc) is 2.58. The fourth-order valence-corrected chi connectivity index (χ4v) is 2.05. The maximum absolute atomic E-state index is 13.6. The van der Waals surface area contributed by atoms with Crippen molar-refractivity contribution in [1.82, 2.24) is 15.5 Å². The van der Waals surface area contributed by atoms with E-state index in [1.165, 1.54) is 12.1 Å². The number of β-amino-alcohol motifs (C(OH)–C–C–N with tert-alkyl or cyclic N) is 1. The van der Waals surface area contributed by atoms with Gasteiger partial charge < -0.3 is 20.6 Å². The monoisotopic (exact) mass is 349 g/mol. The molecule has 136 valence electrons. The molecule has 1 aromatic heterocycles. The number of hydrogen-bond acceptors (Lipinski definition) is 7. The third-order valence-electron chi connectivity index (χ3n) is 3.33. The number of ether oxygens (including phenoxy) is 1. The highest BCUT2D eigenvalue weighted by Gasteiger charge is 2.15. The molecule has 0 saturated heterocycles. The number of hydrazine groups is 1. The molecule has 1 heterocycles. The number of nitrogens with one attached hydrogen (secondary N) is 2. The number of benzene rings is 1. The van der Waals surface area contributed by atoms with Gasteiger partial charge in [-0.05, 0) is 45.0 Å². The van der Waals surface area contributed by atoms with Crippen LogP contribution in [0.3, 0.4) is 0 Å². The highest BCUT2D eigenvalue weighted by molar-refractivity contribution is 5.67. The molecule has 0 spiro atoms. The van der Waals surface area contributed by atoms with E-state index in [9.17, 15) is 9.50 Å². The molecule has 0 amide bonds. The second-order valence-corrected chi connectivity index (χ2v) is 6.68. The molecule has 1 atom stereocenters. The van der Waals surface area contributed by atoms with Crippen molar-refractivity contribution >= 4 is 5.82 Å². The summed E-state index contributed by atoms with van der Waals surface area (Å²) in [4.78, 5) is 0. The van der Waals surface area contributed by atoms with Crippen molar-refractivity contribution in [2.24, 2.45) is 5.84 Å². The zero-order valence-corrected chi connectivity index (χ0v) is 14.6. The highest BCUT2D eigenvalue weighted by atomic mass is 19.1. The van der Waals surface area contributed by atoms with Crippen LogP contribution in [0.4, 0.5) is 10.2 Å². The molecule has 0 aliphatic rings. The van der Waals surface area contributed by atoms with Crippen molar-refractivity contribution in [3.8, 4) is 17.0 Å². The van der Waals surface area contributed by atoms with Crippen LogP contribution in [-0.4, -0.2) is 40.1 Å². The van der Waals surface area contributed by atoms with Crippen LogP contribution in [0.1, 0.15) is 20.8 Å². The van der Waals surface area contributed by atoms with Crippen LogP contribution in [0.5, 0.6) is 5.75 Å². The Hall–Kier alpha value is -2.29. The Morgan fingerprint density at radius 2 is 2.00 bits per heavy atom. The molecule has 0 radical (unpaired) electrons. The lowest BCUT2D eigenvalue weighted by molar-refractivity contribution is 0.100. The molecule has 0 bridgehead atoms. The molecule has 7 nitrogen and oxygen atoms in total. The van der Waals surface area contributed by atoms with Gasteiger partial charge in [0.15, 0.2) is 5.82 Å². The predicted octanol–water partition coefficient (Wildman–Crippen LogP) is 1.70. The predicted molar refractivity (Wildman–Crippen MR) is 94.5 cm³/mol. The third kappa shape index (κ3) is 5.93. The van der Waals surface area contributed by atoms with E-state index in [4.69, 9.17) is 10.6 Å². The van der Waals surface area contributed by atoms with Gasteiger partial charge in [0.25, 0.3) is 0 Å². The van der Waals surface area contributed by atoms with Gasteiger partial charge >= 0.3 is 0 Å². The normalized spacial score (nSPS) is 12.7. The van der Waals surface area contributed by atoms with Crippen LogP contribution in [0.25, 0.3) is 11.3 Å². The number of nitrogens with two attached hydrogens (primary N) is 1. The number of nitrogen functional groups attached to an aromatic ring is 1. The Kier molecular flexibility index (Phi) is 6.24. The first-order chi connectivity index (χ1) is 11.8. The minimum atomic E-state index is -0.731. The number of aliphatic hydroxyl groups is 1. The zero-order chi connectivity index (χ0) is 18.4. The fourth-order valence-electron chi connectivity index (χ4n) is 2.05. The van der Waals surface area contributed by atoms with Crippen molar-refractivity contribution in [3.05, 3.63) is 36.1 Å². The summed E-state index contributed by atoms with van der Waals surface area (Å²) in [6, 6.07) is 7.48. The van der Waals surface area contributed by atoms with Crippen LogP contribution >= 0.6 is 0 Å². The van der Waals surface area contributed by atoms with E-state index in [0.717, 1.165) is 0 Å². The topological polar surface area (TPSA) is 105 Å². The highest BCUT2D eigenvalue weighted by Crippen LogP contribution is 2.29. The first-order valence-corrected chi connectivity index (χ1v) is 7.94. The molecule has 1 aromatic carbocycles. The summed E-state index contributed by atoms with van der Waals surface area (Å²) in [7, 11) is 0. The Morgan fingerprint density at radius 1 is 1.24 bits per heavy atom. The molecule has 1 unspecified atom stereocenters. The molecule has 0 saturated carbocycles. The van der Waals surface area contributed by atoms with Crippen molar-refractivity contribution in [3.63, 3.8) is 0 Å². The van der Waals surface area contributed by atoms with Gasteiger partial charge in [-0.2, -0.15) is 0 Å². The van der Waals surface area contributed by atoms with Crippen molar-refractivity contribution in [1.29, 1.82) is 0 Å². The number of rotatable bonds is 7. The summed E-state index contributed by atoms with van der Waals surface area (Å²) in [5.41, 5.74) is 3.37. The molecule has 0 aliphatic carbocycles. The van der Waals surface area contributed by atoms with Gasteiger partial charge in [0.05, 0.1) is 5.69 Å².